The predicted molar refractivity (Wildman–Crippen MR) is 92.6 cm³/mol. The van der Waals surface area contributed by atoms with Crippen LogP contribution in [0.1, 0.15) is 15.9 Å². The Morgan fingerprint density at radius 3 is 2.25 bits per heavy atom. The van der Waals surface area contributed by atoms with Crippen LogP contribution in [0.3, 0.4) is 0 Å². The quantitative estimate of drug-likeness (QED) is 0.751. The number of rotatable bonds is 7. The van der Waals surface area contributed by atoms with Gasteiger partial charge in [-0.05, 0) is 43.3 Å². The molecule has 0 aliphatic heterocycles. The third-order valence-electron chi connectivity index (χ3n) is 3.32. The maximum absolute atomic E-state index is 12.3. The number of benzene rings is 2. The summed E-state index contributed by atoms with van der Waals surface area (Å²) >= 11 is 0. The van der Waals surface area contributed by atoms with Crippen molar-refractivity contribution in [3.8, 4) is 0 Å². The van der Waals surface area contributed by atoms with Gasteiger partial charge in [-0.3, -0.25) is 9.52 Å². The molecule has 0 aromatic heterocycles. The summed E-state index contributed by atoms with van der Waals surface area (Å²) in [5.74, 6) is -0.236. The molecule has 2 aromatic carbocycles. The number of nitrogens with one attached hydrogen (secondary N) is 2. The van der Waals surface area contributed by atoms with Crippen LogP contribution in [0.2, 0.25) is 0 Å². The van der Waals surface area contributed by atoms with Gasteiger partial charge in [0.15, 0.2) is 0 Å². The van der Waals surface area contributed by atoms with Gasteiger partial charge in [-0.25, -0.2) is 8.42 Å². The molecule has 0 aliphatic rings. The van der Waals surface area contributed by atoms with Crippen molar-refractivity contribution in [2.75, 3.05) is 25.0 Å². The van der Waals surface area contributed by atoms with Crippen molar-refractivity contribution in [3.63, 3.8) is 0 Å². The molecular weight excluding hydrogens is 328 g/mol. The van der Waals surface area contributed by atoms with Crippen LogP contribution in [-0.4, -0.2) is 34.6 Å². The van der Waals surface area contributed by atoms with Crippen LogP contribution in [-0.2, 0) is 14.8 Å². The summed E-state index contributed by atoms with van der Waals surface area (Å²) in [6, 6.07) is 12.8. The number of sulfonamides is 1. The topological polar surface area (TPSA) is 84.5 Å². The van der Waals surface area contributed by atoms with Crippen LogP contribution < -0.4 is 10.0 Å². The Kier molecular flexibility index (Phi) is 5.94. The molecule has 0 fully saturated rings. The van der Waals surface area contributed by atoms with E-state index in [1.807, 2.05) is 6.92 Å². The lowest BCUT2D eigenvalue weighted by molar-refractivity contribution is 0.0937. The van der Waals surface area contributed by atoms with Crippen molar-refractivity contribution < 1.29 is 17.9 Å². The van der Waals surface area contributed by atoms with Crippen molar-refractivity contribution >= 4 is 21.6 Å². The molecule has 7 heteroatoms. The van der Waals surface area contributed by atoms with Gasteiger partial charge in [0.25, 0.3) is 15.9 Å². The summed E-state index contributed by atoms with van der Waals surface area (Å²) in [4.78, 5) is 12.1. The minimum Gasteiger partial charge on any atom is -0.383 e. The zero-order valence-corrected chi connectivity index (χ0v) is 14.4. The van der Waals surface area contributed by atoms with E-state index in [1.54, 1.807) is 55.6 Å². The molecule has 0 spiro atoms. The van der Waals surface area contributed by atoms with E-state index in [0.717, 1.165) is 5.56 Å². The van der Waals surface area contributed by atoms with Crippen molar-refractivity contribution in [3.05, 3.63) is 59.7 Å². The van der Waals surface area contributed by atoms with Gasteiger partial charge in [-0.1, -0.05) is 17.7 Å². The second-order valence-corrected chi connectivity index (χ2v) is 6.93. The number of carbonyl (C=O) groups excluding carboxylic acids is 1. The molecular formula is C17H20N2O4S. The largest absolute Gasteiger partial charge is 0.383 e. The van der Waals surface area contributed by atoms with Crippen LogP contribution in [0.25, 0.3) is 0 Å². The molecule has 0 radical (unpaired) electrons. The van der Waals surface area contributed by atoms with Crippen LogP contribution in [0.15, 0.2) is 53.4 Å². The Hall–Kier alpha value is -2.38. The predicted octanol–water partition coefficient (Wildman–Crippen LogP) is 2.17. The van der Waals surface area contributed by atoms with Crippen LogP contribution >= 0.6 is 0 Å². The van der Waals surface area contributed by atoms with E-state index >= 15 is 0 Å². The monoisotopic (exact) mass is 348 g/mol. The molecule has 2 N–H and O–H groups in total. The number of methoxy groups -OCH3 is 1. The molecule has 0 unspecified atom stereocenters. The van der Waals surface area contributed by atoms with Crippen LogP contribution in [0.5, 0.6) is 0 Å². The van der Waals surface area contributed by atoms with Gasteiger partial charge in [0, 0.05) is 24.9 Å². The molecule has 24 heavy (non-hydrogen) atoms. The fraction of sp³-hybridized carbons (Fsp3) is 0.235. The minimum atomic E-state index is -3.65. The maximum Gasteiger partial charge on any atom is 0.261 e. The standard InChI is InChI=1S/C17H20N2O4S/c1-13-3-9-16(10-4-13)24(21,22)19-15-7-5-14(6-8-15)17(20)18-11-12-23-2/h3-10,19H,11-12H2,1-2H3,(H,18,20). The molecule has 2 rings (SSSR count). The average molecular weight is 348 g/mol. The highest BCUT2D eigenvalue weighted by atomic mass is 32.2. The molecule has 6 nitrogen and oxygen atoms in total. The lowest BCUT2D eigenvalue weighted by atomic mass is 10.2. The summed E-state index contributed by atoms with van der Waals surface area (Å²) in [5, 5.41) is 2.70. The molecule has 0 saturated heterocycles. The van der Waals surface area contributed by atoms with E-state index in [1.165, 1.54) is 0 Å². The molecule has 0 aliphatic carbocycles. The fourth-order valence-electron chi connectivity index (χ4n) is 1.99. The highest BCUT2D eigenvalue weighted by Gasteiger charge is 2.14. The molecule has 0 bridgehead atoms. The summed E-state index contributed by atoms with van der Waals surface area (Å²) in [7, 11) is -2.09. The zero-order valence-electron chi connectivity index (χ0n) is 13.6. The third kappa shape index (κ3) is 4.81. The van der Waals surface area contributed by atoms with Gasteiger partial charge in [0.1, 0.15) is 0 Å². The van der Waals surface area contributed by atoms with Gasteiger partial charge in [0.2, 0.25) is 0 Å². The summed E-state index contributed by atoms with van der Waals surface area (Å²) in [6.45, 7) is 2.73. The second-order valence-electron chi connectivity index (χ2n) is 5.24. The van der Waals surface area contributed by atoms with Gasteiger partial charge in [-0.2, -0.15) is 0 Å². The fourth-order valence-corrected chi connectivity index (χ4v) is 3.05. The number of ether oxygens (including phenoxy) is 1. The van der Waals surface area contributed by atoms with E-state index < -0.39 is 10.0 Å². The van der Waals surface area contributed by atoms with E-state index in [4.69, 9.17) is 4.74 Å². The van der Waals surface area contributed by atoms with Gasteiger partial charge < -0.3 is 10.1 Å². The summed E-state index contributed by atoms with van der Waals surface area (Å²) in [6.07, 6.45) is 0. The molecule has 0 atom stereocenters. The van der Waals surface area contributed by atoms with E-state index in [0.29, 0.717) is 24.4 Å². The Morgan fingerprint density at radius 2 is 1.67 bits per heavy atom. The molecule has 2 aromatic rings. The Balaban J connectivity index is 2.05. The summed E-state index contributed by atoms with van der Waals surface area (Å²) in [5.41, 5.74) is 1.83. The smallest absolute Gasteiger partial charge is 0.261 e. The first-order chi connectivity index (χ1) is 11.4. The molecule has 128 valence electrons. The number of hydrogen-bond donors (Lipinski definition) is 2. The van der Waals surface area contributed by atoms with Gasteiger partial charge >= 0.3 is 0 Å². The lowest BCUT2D eigenvalue weighted by Gasteiger charge is -2.09. The number of amides is 1. The normalized spacial score (nSPS) is 11.1. The van der Waals surface area contributed by atoms with Crippen LogP contribution in [0.4, 0.5) is 5.69 Å². The third-order valence-corrected chi connectivity index (χ3v) is 4.72. The molecule has 0 saturated carbocycles. The van der Waals surface area contributed by atoms with E-state index in [-0.39, 0.29) is 10.8 Å². The number of anilines is 1. The first-order valence-corrected chi connectivity index (χ1v) is 8.87. The SMILES string of the molecule is COCCNC(=O)c1ccc(NS(=O)(=O)c2ccc(C)cc2)cc1. The lowest BCUT2D eigenvalue weighted by Crippen LogP contribution is -2.26. The van der Waals surface area contributed by atoms with Crippen molar-refractivity contribution in [1.29, 1.82) is 0 Å². The number of carbonyl (C=O) groups is 1. The average Bonchev–Trinajstić information content (AvgIpc) is 2.55. The minimum absolute atomic E-state index is 0.189. The van der Waals surface area contributed by atoms with Crippen molar-refractivity contribution in [2.24, 2.45) is 0 Å². The Morgan fingerprint density at radius 1 is 1.04 bits per heavy atom. The Labute approximate surface area is 141 Å². The summed E-state index contributed by atoms with van der Waals surface area (Å²) < 4.78 is 32.0. The number of hydrogen-bond acceptors (Lipinski definition) is 4. The van der Waals surface area contributed by atoms with E-state index in [2.05, 4.69) is 10.0 Å². The second kappa shape index (κ2) is 7.94. The zero-order chi connectivity index (χ0) is 17.6. The first-order valence-electron chi connectivity index (χ1n) is 7.39. The number of aryl methyl sites for hydroxylation is 1. The first kappa shape index (κ1) is 18.0. The Bertz CT molecular complexity index is 784. The van der Waals surface area contributed by atoms with Gasteiger partial charge in [0.05, 0.1) is 11.5 Å². The van der Waals surface area contributed by atoms with Gasteiger partial charge in [-0.15, -0.1) is 0 Å². The highest BCUT2D eigenvalue weighted by molar-refractivity contribution is 7.92. The highest BCUT2D eigenvalue weighted by Crippen LogP contribution is 2.17. The van der Waals surface area contributed by atoms with Crippen molar-refractivity contribution in [2.45, 2.75) is 11.8 Å². The maximum atomic E-state index is 12.3. The van der Waals surface area contributed by atoms with Crippen molar-refractivity contribution in [1.82, 2.24) is 5.32 Å². The van der Waals surface area contributed by atoms with Crippen LogP contribution in [0, 0.1) is 6.92 Å². The van der Waals surface area contributed by atoms with E-state index in [9.17, 15) is 13.2 Å². The molecule has 1 amide bonds. The molecule has 0 heterocycles.